The van der Waals surface area contributed by atoms with E-state index < -0.39 is 0 Å². The van der Waals surface area contributed by atoms with Crippen LogP contribution in [0.3, 0.4) is 0 Å². The van der Waals surface area contributed by atoms with Gasteiger partial charge < -0.3 is 15.1 Å². The van der Waals surface area contributed by atoms with Crippen LogP contribution in [0.4, 0.5) is 11.6 Å². The van der Waals surface area contributed by atoms with E-state index in [-0.39, 0.29) is 0 Å². The van der Waals surface area contributed by atoms with E-state index in [0.29, 0.717) is 11.6 Å². The summed E-state index contributed by atoms with van der Waals surface area (Å²) < 4.78 is 3.73. The van der Waals surface area contributed by atoms with Crippen LogP contribution in [0.15, 0.2) is 30.9 Å². The predicted octanol–water partition coefficient (Wildman–Crippen LogP) is 0.403. The monoisotopic (exact) mass is 272 g/mol. The molecule has 0 unspecified atom stereocenters. The Labute approximate surface area is 115 Å². The Morgan fingerprint density at radius 2 is 2.25 bits per heavy atom. The number of nitrogens with two attached hydrogens (primary N) is 1. The molecular formula is C12H16N8. The summed E-state index contributed by atoms with van der Waals surface area (Å²) in [5.74, 6) is 6.70. The lowest BCUT2D eigenvalue weighted by atomic mass is 10.3. The quantitative estimate of drug-likeness (QED) is 0.459. The largest absolute Gasteiger partial charge is 0.367 e. The van der Waals surface area contributed by atoms with E-state index in [1.54, 1.807) is 18.6 Å². The molecule has 0 atom stereocenters. The average Bonchev–Trinajstić information content (AvgIpc) is 3.07. The number of nitrogens with one attached hydrogen (secondary N) is 2. The van der Waals surface area contributed by atoms with Gasteiger partial charge in [-0.3, -0.25) is 4.68 Å². The number of nitrogens with zero attached hydrogens (tertiary/aromatic N) is 5. The van der Waals surface area contributed by atoms with Gasteiger partial charge in [-0.1, -0.05) is 0 Å². The maximum Gasteiger partial charge on any atom is 0.180 e. The van der Waals surface area contributed by atoms with Crippen molar-refractivity contribution in [3.63, 3.8) is 0 Å². The zero-order valence-electron chi connectivity index (χ0n) is 11.1. The zero-order chi connectivity index (χ0) is 13.9. The Kier molecular flexibility index (Phi) is 3.21. The molecular weight excluding hydrogens is 256 g/mol. The van der Waals surface area contributed by atoms with Gasteiger partial charge in [-0.2, -0.15) is 5.10 Å². The van der Waals surface area contributed by atoms with Gasteiger partial charge in [-0.25, -0.2) is 15.8 Å². The number of hydrazine groups is 1. The molecule has 0 aromatic carbocycles. The number of imidazole rings is 1. The third kappa shape index (κ3) is 2.28. The molecule has 20 heavy (non-hydrogen) atoms. The maximum atomic E-state index is 5.42. The molecule has 3 aromatic heterocycles. The SMILES string of the molecule is Cn1nccc1CCNc1nc(NN)cn2ccnc12. The smallest absolute Gasteiger partial charge is 0.180 e. The van der Waals surface area contributed by atoms with E-state index in [1.807, 2.05) is 28.4 Å². The highest BCUT2D eigenvalue weighted by molar-refractivity contribution is 5.65. The second kappa shape index (κ2) is 5.17. The fourth-order valence-corrected chi connectivity index (χ4v) is 2.08. The Bertz CT molecular complexity index is 713. The van der Waals surface area contributed by atoms with Crippen molar-refractivity contribution in [2.45, 2.75) is 6.42 Å². The van der Waals surface area contributed by atoms with E-state index in [1.165, 1.54) is 0 Å². The number of aryl methyl sites for hydroxylation is 1. The Hall–Kier alpha value is -2.61. The van der Waals surface area contributed by atoms with Crippen molar-refractivity contribution < 1.29 is 0 Å². The minimum atomic E-state index is 0.582. The second-order valence-corrected chi connectivity index (χ2v) is 4.40. The number of nitrogen functional groups attached to an aromatic ring is 1. The molecule has 0 saturated heterocycles. The summed E-state index contributed by atoms with van der Waals surface area (Å²) in [5, 5.41) is 7.42. The summed E-state index contributed by atoms with van der Waals surface area (Å²) in [6, 6.07) is 2.00. The molecule has 0 fully saturated rings. The predicted molar refractivity (Wildman–Crippen MR) is 76.2 cm³/mol. The molecule has 0 radical (unpaired) electrons. The summed E-state index contributed by atoms with van der Waals surface area (Å²) in [6.45, 7) is 0.739. The minimum absolute atomic E-state index is 0.582. The van der Waals surface area contributed by atoms with Crippen LogP contribution in [-0.2, 0) is 13.5 Å². The lowest BCUT2D eigenvalue weighted by Gasteiger charge is -2.09. The van der Waals surface area contributed by atoms with Gasteiger partial charge in [-0.05, 0) is 6.07 Å². The van der Waals surface area contributed by atoms with Gasteiger partial charge in [0.25, 0.3) is 0 Å². The summed E-state index contributed by atoms with van der Waals surface area (Å²) >= 11 is 0. The third-order valence-corrected chi connectivity index (χ3v) is 3.12. The van der Waals surface area contributed by atoms with Gasteiger partial charge in [0, 0.05) is 44.3 Å². The zero-order valence-corrected chi connectivity index (χ0v) is 11.1. The number of aromatic nitrogens is 5. The summed E-state index contributed by atoms with van der Waals surface area (Å²) in [6.07, 6.45) is 8.01. The van der Waals surface area contributed by atoms with E-state index in [2.05, 4.69) is 25.8 Å². The molecule has 0 spiro atoms. The van der Waals surface area contributed by atoms with Crippen LogP contribution in [0, 0.1) is 0 Å². The first-order chi connectivity index (χ1) is 9.78. The van der Waals surface area contributed by atoms with Crippen molar-refractivity contribution in [1.82, 2.24) is 24.1 Å². The van der Waals surface area contributed by atoms with Crippen LogP contribution in [0.25, 0.3) is 5.65 Å². The first kappa shape index (κ1) is 12.4. The molecule has 0 aliphatic rings. The first-order valence-corrected chi connectivity index (χ1v) is 6.29. The fourth-order valence-electron chi connectivity index (χ4n) is 2.08. The van der Waals surface area contributed by atoms with Crippen molar-refractivity contribution in [1.29, 1.82) is 0 Å². The van der Waals surface area contributed by atoms with Crippen LogP contribution >= 0.6 is 0 Å². The number of hydrogen-bond donors (Lipinski definition) is 3. The third-order valence-electron chi connectivity index (χ3n) is 3.12. The molecule has 3 heterocycles. The summed E-state index contributed by atoms with van der Waals surface area (Å²) in [5.41, 5.74) is 4.48. The highest BCUT2D eigenvalue weighted by Gasteiger charge is 2.07. The molecule has 0 saturated carbocycles. The van der Waals surface area contributed by atoms with E-state index in [4.69, 9.17) is 5.84 Å². The molecule has 0 aliphatic heterocycles. The van der Waals surface area contributed by atoms with Gasteiger partial charge in [0.1, 0.15) is 0 Å². The highest BCUT2D eigenvalue weighted by atomic mass is 15.3. The molecule has 0 amide bonds. The van der Waals surface area contributed by atoms with E-state index >= 15 is 0 Å². The topological polar surface area (TPSA) is 98.1 Å². The van der Waals surface area contributed by atoms with Crippen LogP contribution in [0.2, 0.25) is 0 Å². The van der Waals surface area contributed by atoms with E-state index in [9.17, 15) is 0 Å². The molecule has 3 rings (SSSR count). The van der Waals surface area contributed by atoms with E-state index in [0.717, 1.165) is 24.3 Å². The van der Waals surface area contributed by atoms with Gasteiger partial charge in [0.2, 0.25) is 0 Å². The van der Waals surface area contributed by atoms with Gasteiger partial charge >= 0.3 is 0 Å². The number of hydrogen-bond acceptors (Lipinski definition) is 6. The first-order valence-electron chi connectivity index (χ1n) is 6.29. The molecule has 104 valence electrons. The summed E-state index contributed by atoms with van der Waals surface area (Å²) in [7, 11) is 1.93. The Balaban J connectivity index is 1.76. The highest BCUT2D eigenvalue weighted by Crippen LogP contribution is 2.15. The van der Waals surface area contributed by atoms with Crippen molar-refractivity contribution in [2.24, 2.45) is 12.9 Å². The number of fused-ring (bicyclic) bond motifs is 1. The van der Waals surface area contributed by atoms with Crippen molar-refractivity contribution in [3.05, 3.63) is 36.5 Å². The second-order valence-electron chi connectivity index (χ2n) is 4.40. The van der Waals surface area contributed by atoms with Crippen LogP contribution in [0.5, 0.6) is 0 Å². The van der Waals surface area contributed by atoms with Crippen LogP contribution in [-0.4, -0.2) is 30.7 Å². The maximum absolute atomic E-state index is 5.42. The molecule has 8 heteroatoms. The van der Waals surface area contributed by atoms with Crippen LogP contribution < -0.4 is 16.6 Å². The minimum Gasteiger partial charge on any atom is -0.367 e. The average molecular weight is 272 g/mol. The van der Waals surface area contributed by atoms with Crippen molar-refractivity contribution in [2.75, 3.05) is 17.3 Å². The summed E-state index contributed by atoms with van der Waals surface area (Å²) in [4.78, 5) is 8.66. The Morgan fingerprint density at radius 3 is 3.00 bits per heavy atom. The fraction of sp³-hybridized carbons (Fsp3) is 0.250. The molecule has 8 nitrogen and oxygen atoms in total. The lowest BCUT2D eigenvalue weighted by Crippen LogP contribution is -2.14. The van der Waals surface area contributed by atoms with Gasteiger partial charge in [0.15, 0.2) is 17.3 Å². The molecule has 0 aliphatic carbocycles. The molecule has 0 bridgehead atoms. The van der Waals surface area contributed by atoms with Crippen molar-refractivity contribution in [3.8, 4) is 0 Å². The normalized spacial score (nSPS) is 10.9. The number of anilines is 2. The van der Waals surface area contributed by atoms with Gasteiger partial charge in [0.05, 0.1) is 6.20 Å². The molecule has 3 aromatic rings. The Morgan fingerprint density at radius 1 is 1.35 bits per heavy atom. The lowest BCUT2D eigenvalue weighted by molar-refractivity contribution is 0.711. The standard InChI is InChI=1S/C12H16N8/c1-19-9(3-5-16-19)2-4-14-11-12-15-6-7-20(12)8-10(17-11)18-13/h3,5-8,18H,2,4,13H2,1H3,(H,14,17). The molecule has 4 N–H and O–H groups in total. The number of rotatable bonds is 5. The van der Waals surface area contributed by atoms with Crippen LogP contribution in [0.1, 0.15) is 5.69 Å². The van der Waals surface area contributed by atoms with Crippen molar-refractivity contribution >= 4 is 17.3 Å². The van der Waals surface area contributed by atoms with Gasteiger partial charge in [-0.15, -0.1) is 0 Å².